The number of piperazine rings is 1. The molecule has 0 spiro atoms. The van der Waals surface area contributed by atoms with Crippen LogP contribution < -0.4 is 10.2 Å². The van der Waals surface area contributed by atoms with Gasteiger partial charge in [-0.05, 0) is 19.2 Å². The van der Waals surface area contributed by atoms with Gasteiger partial charge in [0.1, 0.15) is 10.7 Å². The number of hydrogen-bond acceptors (Lipinski definition) is 6. The second-order valence-corrected chi connectivity index (χ2v) is 5.73. The summed E-state index contributed by atoms with van der Waals surface area (Å²) in [5.74, 6) is 0.799. The van der Waals surface area contributed by atoms with Gasteiger partial charge in [0.15, 0.2) is 5.82 Å². The predicted molar refractivity (Wildman–Crippen MR) is 86.4 cm³/mol. The molecule has 1 aliphatic heterocycles. The first-order valence-electron chi connectivity index (χ1n) is 7.08. The van der Waals surface area contributed by atoms with Crippen molar-refractivity contribution in [2.45, 2.75) is 6.92 Å². The summed E-state index contributed by atoms with van der Waals surface area (Å²) in [4.78, 5) is 28.9. The number of aromatic nitrogens is 3. The highest BCUT2D eigenvalue weighted by Gasteiger charge is 2.20. The average molecular weight is 321 g/mol. The molecule has 1 aliphatic rings. The lowest BCUT2D eigenvalue weighted by molar-refractivity contribution is -0.114. The van der Waals surface area contributed by atoms with E-state index in [0.29, 0.717) is 22.0 Å². The number of pyridine rings is 1. The average Bonchev–Trinajstić information content (AvgIpc) is 2.47. The summed E-state index contributed by atoms with van der Waals surface area (Å²) in [7, 11) is 2.09. The standard InChI is InChI=1S/C14H17ClN6O/c1-9(22)16-14-17-10-3-4-11(15)18-12(10)13(19-14)21-7-5-20(2)6-8-21/h3-4H,5-8H2,1-2H3,(H,16,17,19,22). The van der Waals surface area contributed by atoms with Gasteiger partial charge in [0.25, 0.3) is 0 Å². The topological polar surface area (TPSA) is 74.2 Å². The summed E-state index contributed by atoms with van der Waals surface area (Å²) >= 11 is 6.01. The highest BCUT2D eigenvalue weighted by Crippen LogP contribution is 2.26. The van der Waals surface area contributed by atoms with Crippen LogP contribution in [0.3, 0.4) is 0 Å². The molecular formula is C14H17ClN6O. The molecule has 2 aromatic heterocycles. The fourth-order valence-electron chi connectivity index (χ4n) is 2.43. The van der Waals surface area contributed by atoms with Crippen LogP contribution in [0.4, 0.5) is 11.8 Å². The fourth-order valence-corrected chi connectivity index (χ4v) is 2.57. The van der Waals surface area contributed by atoms with Crippen LogP contribution >= 0.6 is 11.6 Å². The summed E-state index contributed by atoms with van der Waals surface area (Å²) in [5.41, 5.74) is 1.32. The number of anilines is 2. The Morgan fingerprint density at radius 2 is 1.91 bits per heavy atom. The molecule has 7 nitrogen and oxygen atoms in total. The van der Waals surface area contributed by atoms with Gasteiger partial charge in [0.2, 0.25) is 11.9 Å². The van der Waals surface area contributed by atoms with Crippen LogP contribution in [0.1, 0.15) is 6.92 Å². The lowest BCUT2D eigenvalue weighted by Crippen LogP contribution is -2.45. The van der Waals surface area contributed by atoms with Gasteiger partial charge in [-0.25, -0.2) is 9.97 Å². The highest BCUT2D eigenvalue weighted by atomic mass is 35.5. The number of carbonyl (C=O) groups is 1. The van der Waals surface area contributed by atoms with Crippen molar-refractivity contribution in [3.05, 3.63) is 17.3 Å². The third kappa shape index (κ3) is 3.10. The maximum Gasteiger partial charge on any atom is 0.232 e. The summed E-state index contributed by atoms with van der Waals surface area (Å²) in [5, 5.41) is 3.04. The van der Waals surface area contributed by atoms with Crippen molar-refractivity contribution in [3.8, 4) is 0 Å². The first kappa shape index (κ1) is 14.9. The smallest absolute Gasteiger partial charge is 0.232 e. The molecule has 8 heteroatoms. The van der Waals surface area contributed by atoms with E-state index in [0.717, 1.165) is 26.2 Å². The minimum atomic E-state index is -0.203. The normalized spacial score (nSPS) is 16.0. The van der Waals surface area contributed by atoms with E-state index >= 15 is 0 Å². The Bertz CT molecular complexity index is 714. The predicted octanol–water partition coefficient (Wildman–Crippen LogP) is 1.39. The molecule has 2 aromatic rings. The number of fused-ring (bicyclic) bond motifs is 1. The first-order chi connectivity index (χ1) is 10.5. The molecule has 1 saturated heterocycles. The van der Waals surface area contributed by atoms with Crippen molar-refractivity contribution in [1.82, 2.24) is 19.9 Å². The number of hydrogen-bond donors (Lipinski definition) is 1. The van der Waals surface area contributed by atoms with Gasteiger partial charge < -0.3 is 9.80 Å². The molecular weight excluding hydrogens is 304 g/mol. The number of nitrogens with zero attached hydrogens (tertiary/aromatic N) is 5. The van der Waals surface area contributed by atoms with E-state index in [2.05, 4.69) is 37.1 Å². The lowest BCUT2D eigenvalue weighted by atomic mass is 10.3. The third-order valence-corrected chi connectivity index (χ3v) is 3.79. The van der Waals surface area contributed by atoms with Crippen LogP contribution in [0.5, 0.6) is 0 Å². The van der Waals surface area contributed by atoms with E-state index in [1.54, 1.807) is 12.1 Å². The minimum absolute atomic E-state index is 0.203. The Labute approximate surface area is 133 Å². The number of nitrogens with one attached hydrogen (secondary N) is 1. The minimum Gasteiger partial charge on any atom is -0.352 e. The molecule has 0 atom stereocenters. The second kappa shape index (κ2) is 6.02. The Morgan fingerprint density at radius 1 is 1.18 bits per heavy atom. The van der Waals surface area contributed by atoms with Crippen molar-refractivity contribution < 1.29 is 4.79 Å². The van der Waals surface area contributed by atoms with Gasteiger partial charge >= 0.3 is 0 Å². The Hall–Kier alpha value is -1.99. The fraction of sp³-hybridized carbons (Fsp3) is 0.429. The van der Waals surface area contributed by atoms with Gasteiger partial charge in [0, 0.05) is 33.1 Å². The van der Waals surface area contributed by atoms with Gasteiger partial charge in [0.05, 0.1) is 5.52 Å². The van der Waals surface area contributed by atoms with Crippen LogP contribution in [0, 0.1) is 0 Å². The molecule has 0 unspecified atom stereocenters. The molecule has 0 aliphatic carbocycles. The van der Waals surface area contributed by atoms with Crippen molar-refractivity contribution in [3.63, 3.8) is 0 Å². The van der Waals surface area contributed by atoms with Crippen molar-refractivity contribution in [2.75, 3.05) is 43.4 Å². The SMILES string of the molecule is CC(=O)Nc1nc(N2CCN(C)CC2)c2nc(Cl)ccc2n1. The van der Waals surface area contributed by atoms with Gasteiger partial charge in [-0.15, -0.1) is 0 Å². The van der Waals surface area contributed by atoms with Crippen LogP contribution in [0.25, 0.3) is 11.0 Å². The molecule has 0 aromatic carbocycles. The number of likely N-dealkylation sites (N-methyl/N-ethyl adjacent to an activating group) is 1. The lowest BCUT2D eigenvalue weighted by Gasteiger charge is -2.33. The molecule has 0 saturated carbocycles. The van der Waals surface area contributed by atoms with Gasteiger partial charge in [-0.2, -0.15) is 4.98 Å². The van der Waals surface area contributed by atoms with Crippen molar-refractivity contribution >= 4 is 40.3 Å². The second-order valence-electron chi connectivity index (χ2n) is 5.34. The number of carbonyl (C=O) groups excluding carboxylic acids is 1. The van der Waals surface area contributed by atoms with Gasteiger partial charge in [-0.1, -0.05) is 11.6 Å². The molecule has 22 heavy (non-hydrogen) atoms. The van der Waals surface area contributed by atoms with E-state index < -0.39 is 0 Å². The summed E-state index contributed by atoms with van der Waals surface area (Å²) in [6, 6.07) is 3.47. The van der Waals surface area contributed by atoms with Crippen molar-refractivity contribution in [2.24, 2.45) is 0 Å². The zero-order valence-electron chi connectivity index (χ0n) is 12.5. The summed E-state index contributed by atoms with van der Waals surface area (Å²) in [6.07, 6.45) is 0. The van der Waals surface area contributed by atoms with E-state index in [-0.39, 0.29) is 11.9 Å². The maximum absolute atomic E-state index is 11.3. The quantitative estimate of drug-likeness (QED) is 0.843. The largest absolute Gasteiger partial charge is 0.352 e. The number of halogens is 1. The number of amides is 1. The third-order valence-electron chi connectivity index (χ3n) is 3.58. The Kier molecular flexibility index (Phi) is 4.08. The zero-order valence-corrected chi connectivity index (χ0v) is 13.3. The van der Waals surface area contributed by atoms with E-state index in [1.165, 1.54) is 6.92 Å². The van der Waals surface area contributed by atoms with Crippen LogP contribution in [0.2, 0.25) is 5.15 Å². The summed E-state index contributed by atoms with van der Waals surface area (Å²) < 4.78 is 0. The van der Waals surface area contributed by atoms with Crippen LogP contribution in [-0.4, -0.2) is 59.0 Å². The van der Waals surface area contributed by atoms with E-state index in [9.17, 15) is 4.79 Å². The van der Waals surface area contributed by atoms with E-state index in [4.69, 9.17) is 11.6 Å². The molecule has 3 rings (SSSR count). The summed E-state index contributed by atoms with van der Waals surface area (Å²) in [6.45, 7) is 5.01. The van der Waals surface area contributed by atoms with Crippen molar-refractivity contribution in [1.29, 1.82) is 0 Å². The van der Waals surface area contributed by atoms with Crippen LogP contribution in [-0.2, 0) is 4.79 Å². The molecule has 116 valence electrons. The molecule has 1 amide bonds. The molecule has 1 fully saturated rings. The molecule has 0 bridgehead atoms. The van der Waals surface area contributed by atoms with E-state index in [1.807, 2.05) is 0 Å². The zero-order chi connectivity index (χ0) is 15.7. The monoisotopic (exact) mass is 320 g/mol. The van der Waals surface area contributed by atoms with Gasteiger partial charge in [-0.3, -0.25) is 10.1 Å². The Morgan fingerprint density at radius 3 is 2.59 bits per heavy atom. The molecule has 1 N–H and O–H groups in total. The maximum atomic E-state index is 11.3. The first-order valence-corrected chi connectivity index (χ1v) is 7.46. The van der Waals surface area contributed by atoms with Crippen LogP contribution in [0.15, 0.2) is 12.1 Å². The number of rotatable bonds is 2. The Balaban J connectivity index is 2.08. The molecule has 0 radical (unpaired) electrons. The molecule has 3 heterocycles. The highest BCUT2D eigenvalue weighted by molar-refractivity contribution is 6.29.